The second-order valence-electron chi connectivity index (χ2n) is 5.59. The van der Waals surface area contributed by atoms with E-state index in [2.05, 4.69) is 11.9 Å². The number of carbonyl (C=O) groups is 1. The van der Waals surface area contributed by atoms with Crippen molar-refractivity contribution in [3.05, 3.63) is 60.0 Å². The maximum Gasteiger partial charge on any atom is 0.294 e. The molecule has 0 aliphatic rings. The summed E-state index contributed by atoms with van der Waals surface area (Å²) < 4.78 is 5.71. The van der Waals surface area contributed by atoms with Crippen LogP contribution in [-0.4, -0.2) is 17.4 Å². The van der Waals surface area contributed by atoms with Crippen LogP contribution in [0.5, 0.6) is 0 Å². The predicted octanol–water partition coefficient (Wildman–Crippen LogP) is 4.58. The molecule has 1 aromatic carbocycles. The van der Waals surface area contributed by atoms with Gasteiger partial charge in [-0.05, 0) is 37.6 Å². The number of benzene rings is 1. The number of pyridine rings is 1. The van der Waals surface area contributed by atoms with Crippen LogP contribution in [0.15, 0.2) is 52.9 Å². The normalized spacial score (nSPS) is 10.9. The molecule has 23 heavy (non-hydrogen) atoms. The van der Waals surface area contributed by atoms with Gasteiger partial charge < -0.3 is 9.32 Å². The Morgan fingerprint density at radius 1 is 1.17 bits per heavy atom. The van der Waals surface area contributed by atoms with E-state index in [9.17, 15) is 4.79 Å². The number of carbonyl (C=O) groups excluding carboxylic acids is 1. The number of hydrogen-bond donors (Lipinski definition) is 0. The minimum atomic E-state index is -0.125. The molecular weight excluding hydrogens is 288 g/mol. The molecule has 0 aliphatic heterocycles. The number of anilines is 1. The molecule has 3 aromatic rings. The third-order valence-electron chi connectivity index (χ3n) is 3.77. The standard InChI is InChI=1S/C19H20N2O2/c1-3-4-12-21(15-8-6-5-7-9-15)19(22)18-13-16-17(23-18)11-10-14(2)20-16/h5-11,13H,3-4,12H2,1-2H3. The Balaban J connectivity index is 1.95. The second kappa shape index (κ2) is 6.65. The van der Waals surface area contributed by atoms with E-state index >= 15 is 0 Å². The Bertz CT molecular complexity index is 809. The third kappa shape index (κ3) is 3.26. The Labute approximate surface area is 135 Å². The Morgan fingerprint density at radius 2 is 1.96 bits per heavy atom. The highest BCUT2D eigenvalue weighted by Gasteiger charge is 2.21. The van der Waals surface area contributed by atoms with E-state index in [0.717, 1.165) is 29.7 Å². The summed E-state index contributed by atoms with van der Waals surface area (Å²) in [6.07, 6.45) is 1.97. The van der Waals surface area contributed by atoms with Crippen molar-refractivity contribution in [3.63, 3.8) is 0 Å². The van der Waals surface area contributed by atoms with E-state index in [1.165, 1.54) is 0 Å². The topological polar surface area (TPSA) is 46.3 Å². The molecule has 4 nitrogen and oxygen atoms in total. The fourth-order valence-electron chi connectivity index (χ4n) is 2.54. The van der Waals surface area contributed by atoms with E-state index in [1.54, 1.807) is 11.0 Å². The summed E-state index contributed by atoms with van der Waals surface area (Å²) in [5, 5.41) is 0. The second-order valence-corrected chi connectivity index (χ2v) is 5.59. The molecular formula is C19H20N2O2. The molecule has 0 N–H and O–H groups in total. The lowest BCUT2D eigenvalue weighted by atomic mass is 10.2. The number of furan rings is 1. The first-order valence-electron chi connectivity index (χ1n) is 7.93. The molecule has 0 saturated heterocycles. The smallest absolute Gasteiger partial charge is 0.294 e. The maximum absolute atomic E-state index is 12.9. The number of unbranched alkanes of at least 4 members (excludes halogenated alkanes) is 1. The van der Waals surface area contributed by atoms with Gasteiger partial charge in [0, 0.05) is 24.0 Å². The van der Waals surface area contributed by atoms with Gasteiger partial charge in [-0.1, -0.05) is 31.5 Å². The highest BCUT2D eigenvalue weighted by molar-refractivity contribution is 6.06. The maximum atomic E-state index is 12.9. The summed E-state index contributed by atoms with van der Waals surface area (Å²) in [5.74, 6) is 0.207. The van der Waals surface area contributed by atoms with Crippen LogP contribution < -0.4 is 4.90 Å². The van der Waals surface area contributed by atoms with Crippen LogP contribution in [0.3, 0.4) is 0 Å². The van der Waals surface area contributed by atoms with Crippen LogP contribution in [0.4, 0.5) is 5.69 Å². The van der Waals surface area contributed by atoms with Crippen LogP contribution >= 0.6 is 0 Å². The zero-order chi connectivity index (χ0) is 16.2. The van der Waals surface area contributed by atoms with Gasteiger partial charge in [-0.3, -0.25) is 4.79 Å². The van der Waals surface area contributed by atoms with Crippen molar-refractivity contribution in [2.45, 2.75) is 26.7 Å². The van der Waals surface area contributed by atoms with Gasteiger partial charge in [0.2, 0.25) is 0 Å². The zero-order valence-corrected chi connectivity index (χ0v) is 13.5. The van der Waals surface area contributed by atoms with E-state index < -0.39 is 0 Å². The van der Waals surface area contributed by atoms with Crippen LogP contribution in [0.25, 0.3) is 11.1 Å². The molecule has 0 spiro atoms. The van der Waals surface area contributed by atoms with E-state index in [4.69, 9.17) is 4.42 Å². The number of amides is 1. The highest BCUT2D eigenvalue weighted by atomic mass is 16.3. The first-order chi connectivity index (χ1) is 11.2. The van der Waals surface area contributed by atoms with Crippen LogP contribution in [0, 0.1) is 6.92 Å². The van der Waals surface area contributed by atoms with Gasteiger partial charge in [0.25, 0.3) is 5.91 Å². The Kier molecular flexibility index (Phi) is 4.42. The molecule has 0 fully saturated rings. The van der Waals surface area contributed by atoms with Gasteiger partial charge in [0.05, 0.1) is 0 Å². The number of aromatic nitrogens is 1. The number of rotatable bonds is 5. The molecule has 4 heteroatoms. The summed E-state index contributed by atoms with van der Waals surface area (Å²) in [6, 6.07) is 15.2. The molecule has 0 radical (unpaired) electrons. The number of nitrogens with zero attached hydrogens (tertiary/aromatic N) is 2. The molecule has 2 heterocycles. The van der Waals surface area contributed by atoms with Crippen molar-refractivity contribution in [1.29, 1.82) is 0 Å². The molecule has 0 unspecified atom stereocenters. The van der Waals surface area contributed by atoms with Crippen molar-refractivity contribution < 1.29 is 9.21 Å². The largest absolute Gasteiger partial charge is 0.449 e. The van der Waals surface area contributed by atoms with Gasteiger partial charge in [-0.15, -0.1) is 0 Å². The summed E-state index contributed by atoms with van der Waals surface area (Å²) in [7, 11) is 0. The predicted molar refractivity (Wildman–Crippen MR) is 91.8 cm³/mol. The summed E-state index contributed by atoms with van der Waals surface area (Å²) in [4.78, 5) is 19.1. The Hall–Kier alpha value is -2.62. The number of hydrogen-bond acceptors (Lipinski definition) is 3. The fraction of sp³-hybridized carbons (Fsp3) is 0.263. The van der Waals surface area contributed by atoms with Crippen molar-refractivity contribution in [1.82, 2.24) is 4.98 Å². The lowest BCUT2D eigenvalue weighted by molar-refractivity contribution is 0.0962. The minimum Gasteiger partial charge on any atom is -0.449 e. The number of aryl methyl sites for hydroxylation is 1. The average Bonchev–Trinajstić information content (AvgIpc) is 2.99. The summed E-state index contributed by atoms with van der Waals surface area (Å²) >= 11 is 0. The number of fused-ring (bicyclic) bond motifs is 1. The number of para-hydroxylation sites is 1. The average molecular weight is 308 g/mol. The van der Waals surface area contributed by atoms with Gasteiger partial charge in [0.1, 0.15) is 5.52 Å². The van der Waals surface area contributed by atoms with Gasteiger partial charge >= 0.3 is 0 Å². The molecule has 1 amide bonds. The first-order valence-corrected chi connectivity index (χ1v) is 7.93. The van der Waals surface area contributed by atoms with E-state index in [1.807, 2.05) is 49.4 Å². The molecule has 2 aromatic heterocycles. The third-order valence-corrected chi connectivity index (χ3v) is 3.77. The Morgan fingerprint density at radius 3 is 2.70 bits per heavy atom. The minimum absolute atomic E-state index is 0.125. The van der Waals surface area contributed by atoms with Crippen LogP contribution in [0.1, 0.15) is 36.0 Å². The van der Waals surface area contributed by atoms with Gasteiger partial charge in [0.15, 0.2) is 11.3 Å². The van der Waals surface area contributed by atoms with Gasteiger partial charge in [-0.25, -0.2) is 4.98 Å². The van der Waals surface area contributed by atoms with Crippen LogP contribution in [0.2, 0.25) is 0 Å². The SMILES string of the molecule is CCCCN(C(=O)c1cc2nc(C)ccc2o1)c1ccccc1. The van der Waals surface area contributed by atoms with Crippen molar-refractivity contribution in [2.24, 2.45) is 0 Å². The van der Waals surface area contributed by atoms with Crippen molar-refractivity contribution in [3.8, 4) is 0 Å². The highest BCUT2D eigenvalue weighted by Crippen LogP contribution is 2.22. The lowest BCUT2D eigenvalue weighted by Crippen LogP contribution is -2.31. The fourth-order valence-corrected chi connectivity index (χ4v) is 2.54. The molecule has 3 rings (SSSR count). The molecule has 0 atom stereocenters. The first kappa shape index (κ1) is 15.3. The monoisotopic (exact) mass is 308 g/mol. The molecule has 0 bridgehead atoms. The van der Waals surface area contributed by atoms with Crippen molar-refractivity contribution in [2.75, 3.05) is 11.4 Å². The quantitative estimate of drug-likeness (QED) is 0.693. The summed E-state index contributed by atoms with van der Waals surface area (Å²) in [6.45, 7) is 4.70. The van der Waals surface area contributed by atoms with E-state index in [-0.39, 0.29) is 5.91 Å². The zero-order valence-electron chi connectivity index (χ0n) is 13.5. The lowest BCUT2D eigenvalue weighted by Gasteiger charge is -2.21. The molecule has 0 aliphatic carbocycles. The molecule has 0 saturated carbocycles. The summed E-state index contributed by atoms with van der Waals surface area (Å²) in [5.41, 5.74) is 3.15. The van der Waals surface area contributed by atoms with Crippen LogP contribution in [-0.2, 0) is 0 Å². The molecule has 118 valence electrons. The van der Waals surface area contributed by atoms with E-state index in [0.29, 0.717) is 17.9 Å². The van der Waals surface area contributed by atoms with Crippen molar-refractivity contribution >= 4 is 22.7 Å². The van der Waals surface area contributed by atoms with Gasteiger partial charge in [-0.2, -0.15) is 0 Å².